The molecular formula is C26H24N4O. The van der Waals surface area contributed by atoms with Crippen molar-refractivity contribution in [2.24, 2.45) is 13.0 Å². The number of nitrogens with zero attached hydrogens (tertiary/aromatic N) is 4. The van der Waals surface area contributed by atoms with Gasteiger partial charge in [0.2, 0.25) is 0 Å². The highest BCUT2D eigenvalue weighted by Crippen LogP contribution is 2.40. The molecule has 5 rings (SSSR count). The van der Waals surface area contributed by atoms with Crippen LogP contribution in [0.5, 0.6) is 0 Å². The van der Waals surface area contributed by atoms with Crippen LogP contribution in [0.3, 0.4) is 0 Å². The van der Waals surface area contributed by atoms with E-state index >= 15 is 0 Å². The van der Waals surface area contributed by atoms with E-state index in [1.54, 1.807) is 0 Å². The molecule has 0 saturated carbocycles. The van der Waals surface area contributed by atoms with Crippen LogP contribution in [0.2, 0.25) is 0 Å². The van der Waals surface area contributed by atoms with E-state index in [0.29, 0.717) is 0 Å². The third-order valence-corrected chi connectivity index (χ3v) is 6.10. The first kappa shape index (κ1) is 19.1. The minimum absolute atomic E-state index is 0.0664. The van der Waals surface area contributed by atoms with E-state index in [-0.39, 0.29) is 12.0 Å². The number of benzene rings is 3. The van der Waals surface area contributed by atoms with Gasteiger partial charge in [-0.05, 0) is 29.3 Å². The van der Waals surface area contributed by atoms with Gasteiger partial charge in [-0.1, -0.05) is 72.8 Å². The van der Waals surface area contributed by atoms with Crippen LogP contribution < -0.4 is 0 Å². The number of fused-ring (bicyclic) bond motifs is 2. The van der Waals surface area contributed by atoms with Crippen molar-refractivity contribution in [1.29, 1.82) is 0 Å². The molecule has 2 unspecified atom stereocenters. The van der Waals surface area contributed by atoms with Crippen LogP contribution >= 0.6 is 0 Å². The number of aromatic nitrogens is 4. The third kappa shape index (κ3) is 3.19. The highest BCUT2D eigenvalue weighted by atomic mass is 16.2. The largest absolute Gasteiger partial charge is 0.515 e. The molecule has 1 N–H and O–H groups in total. The Kier molecular flexibility index (Phi) is 4.79. The molecule has 0 aliphatic carbocycles. The number of rotatable bonds is 5. The Bertz CT molecular complexity index is 1380. The first-order valence-corrected chi connectivity index (χ1v) is 10.4. The second-order valence-electron chi connectivity index (χ2n) is 7.92. The van der Waals surface area contributed by atoms with Crippen LogP contribution in [0.1, 0.15) is 24.1 Å². The lowest BCUT2D eigenvalue weighted by molar-refractivity contribution is 0.428. The van der Waals surface area contributed by atoms with E-state index in [1.807, 2.05) is 59.3 Å². The fourth-order valence-corrected chi connectivity index (χ4v) is 4.57. The summed E-state index contributed by atoms with van der Waals surface area (Å²) in [6.45, 7) is 2.14. The summed E-state index contributed by atoms with van der Waals surface area (Å²) in [7, 11) is 2.06. The zero-order valence-electron chi connectivity index (χ0n) is 17.6. The van der Waals surface area contributed by atoms with Gasteiger partial charge in [-0.2, -0.15) is 0 Å². The molecule has 5 nitrogen and oxygen atoms in total. The van der Waals surface area contributed by atoms with Gasteiger partial charge < -0.3 is 9.67 Å². The van der Waals surface area contributed by atoms with Gasteiger partial charge in [0, 0.05) is 35.6 Å². The maximum Gasteiger partial charge on any atom is 0.113 e. The summed E-state index contributed by atoms with van der Waals surface area (Å²) in [4.78, 5) is 0. The summed E-state index contributed by atoms with van der Waals surface area (Å²) in [6, 6.07) is 26.2. The van der Waals surface area contributed by atoms with E-state index < -0.39 is 0 Å². The fourth-order valence-electron chi connectivity index (χ4n) is 4.57. The van der Waals surface area contributed by atoms with Gasteiger partial charge in [0.05, 0.1) is 17.8 Å². The molecule has 5 aromatic rings. The molecule has 0 aliphatic heterocycles. The molecule has 0 saturated heterocycles. The maximum atomic E-state index is 10.3. The van der Waals surface area contributed by atoms with Gasteiger partial charge in [-0.25, -0.2) is 4.68 Å². The normalized spacial score (nSPS) is 14.2. The number of hydrogen-bond donors (Lipinski definition) is 1. The molecule has 0 spiro atoms. The SMILES string of the molecule is CC(/C(=C\O)c1ccccc1)C(c1cn(C)c2ccccc12)n1nnc2ccccc21. The monoisotopic (exact) mass is 408 g/mol. The van der Waals surface area contributed by atoms with E-state index in [1.165, 1.54) is 11.6 Å². The van der Waals surface area contributed by atoms with Gasteiger partial charge in [-0.3, -0.25) is 0 Å². The quantitative estimate of drug-likeness (QED) is 0.377. The summed E-state index contributed by atoms with van der Waals surface area (Å²) in [5, 5.41) is 20.4. The van der Waals surface area contributed by atoms with Crippen LogP contribution in [-0.4, -0.2) is 24.7 Å². The topological polar surface area (TPSA) is 55.9 Å². The number of allylic oxidation sites excluding steroid dienone is 1. The Morgan fingerprint density at radius 3 is 2.35 bits per heavy atom. The van der Waals surface area contributed by atoms with Crippen molar-refractivity contribution in [3.63, 3.8) is 0 Å². The second kappa shape index (κ2) is 7.76. The molecule has 31 heavy (non-hydrogen) atoms. The Balaban J connectivity index is 1.75. The molecule has 2 heterocycles. The average molecular weight is 409 g/mol. The zero-order chi connectivity index (χ0) is 21.4. The molecule has 2 aromatic heterocycles. The third-order valence-electron chi connectivity index (χ3n) is 6.10. The van der Waals surface area contributed by atoms with Gasteiger partial charge in [-0.15, -0.1) is 5.10 Å². The minimum atomic E-state index is -0.155. The molecule has 0 radical (unpaired) electrons. The van der Waals surface area contributed by atoms with Crippen LogP contribution in [0.25, 0.3) is 27.5 Å². The van der Waals surface area contributed by atoms with Crippen molar-refractivity contribution in [1.82, 2.24) is 19.6 Å². The number of hydrogen-bond acceptors (Lipinski definition) is 3. The first-order valence-electron chi connectivity index (χ1n) is 10.4. The van der Waals surface area contributed by atoms with E-state index in [9.17, 15) is 5.11 Å². The lowest BCUT2D eigenvalue weighted by atomic mass is 9.85. The van der Waals surface area contributed by atoms with E-state index in [0.717, 1.165) is 33.3 Å². The molecule has 0 bridgehead atoms. The Morgan fingerprint density at radius 1 is 0.903 bits per heavy atom. The van der Waals surface area contributed by atoms with Crippen molar-refractivity contribution >= 4 is 27.5 Å². The van der Waals surface area contributed by atoms with Crippen LogP contribution in [0, 0.1) is 5.92 Å². The molecule has 2 atom stereocenters. The average Bonchev–Trinajstić information content (AvgIpc) is 3.38. The Morgan fingerprint density at radius 2 is 1.58 bits per heavy atom. The van der Waals surface area contributed by atoms with E-state index in [4.69, 9.17) is 0 Å². The number of para-hydroxylation sites is 2. The molecule has 5 heteroatoms. The number of aliphatic hydroxyl groups excluding tert-OH is 1. The van der Waals surface area contributed by atoms with Crippen molar-refractivity contribution in [3.05, 3.63) is 102 Å². The Hall–Kier alpha value is -3.86. The molecule has 0 amide bonds. The second-order valence-corrected chi connectivity index (χ2v) is 7.92. The first-order chi connectivity index (χ1) is 15.2. The van der Waals surface area contributed by atoms with Crippen molar-refractivity contribution in [2.75, 3.05) is 0 Å². The van der Waals surface area contributed by atoms with Crippen LogP contribution in [0.15, 0.2) is 91.3 Å². The summed E-state index contributed by atoms with van der Waals surface area (Å²) in [5.74, 6) is -0.0664. The number of aliphatic hydroxyl groups is 1. The maximum absolute atomic E-state index is 10.3. The highest BCUT2D eigenvalue weighted by molar-refractivity contribution is 5.85. The standard InChI is InChI=1S/C26H24N4O/c1-18(22(17-31)19-10-4-3-5-11-19)26(30-25-15-9-7-13-23(25)27-28-30)21-16-29(2)24-14-8-6-12-20(21)24/h3-18,26,31H,1-2H3/b22-17+. The molecule has 0 aliphatic rings. The molecule has 154 valence electrons. The van der Waals surface area contributed by atoms with Crippen LogP contribution in [0.4, 0.5) is 0 Å². The predicted octanol–water partition coefficient (Wildman–Crippen LogP) is 5.75. The fraction of sp³-hybridized carbons (Fsp3) is 0.154. The predicted molar refractivity (Wildman–Crippen MR) is 125 cm³/mol. The van der Waals surface area contributed by atoms with Gasteiger partial charge in [0.1, 0.15) is 5.52 Å². The zero-order valence-corrected chi connectivity index (χ0v) is 17.6. The highest BCUT2D eigenvalue weighted by Gasteiger charge is 2.30. The summed E-state index contributed by atoms with van der Waals surface area (Å²) >= 11 is 0. The smallest absolute Gasteiger partial charge is 0.113 e. The summed E-state index contributed by atoms with van der Waals surface area (Å²) in [6.07, 6.45) is 3.40. The molecule has 3 aromatic carbocycles. The van der Waals surface area contributed by atoms with Crippen molar-refractivity contribution in [3.8, 4) is 0 Å². The lowest BCUT2D eigenvalue weighted by Crippen LogP contribution is -2.21. The van der Waals surface area contributed by atoms with Crippen molar-refractivity contribution < 1.29 is 5.11 Å². The lowest BCUT2D eigenvalue weighted by Gasteiger charge is -2.26. The van der Waals surface area contributed by atoms with Crippen LogP contribution in [-0.2, 0) is 7.05 Å². The molecular weight excluding hydrogens is 384 g/mol. The minimum Gasteiger partial charge on any atom is -0.515 e. The van der Waals surface area contributed by atoms with Gasteiger partial charge >= 0.3 is 0 Å². The number of aryl methyl sites for hydroxylation is 1. The van der Waals surface area contributed by atoms with E-state index in [2.05, 4.69) is 59.3 Å². The van der Waals surface area contributed by atoms with Gasteiger partial charge in [0.15, 0.2) is 0 Å². The summed E-state index contributed by atoms with van der Waals surface area (Å²) < 4.78 is 4.14. The Labute approximate surface area is 180 Å². The van der Waals surface area contributed by atoms with Gasteiger partial charge in [0.25, 0.3) is 0 Å². The molecule has 0 fully saturated rings. The summed E-state index contributed by atoms with van der Waals surface area (Å²) in [5.41, 5.74) is 5.99. The van der Waals surface area contributed by atoms with Crippen molar-refractivity contribution in [2.45, 2.75) is 13.0 Å².